The van der Waals surface area contributed by atoms with Gasteiger partial charge in [-0.25, -0.2) is 0 Å². The largest absolute Gasteiger partial charge is 0.354 e. The van der Waals surface area contributed by atoms with Gasteiger partial charge in [0.25, 0.3) is 0 Å². The van der Waals surface area contributed by atoms with Crippen molar-refractivity contribution < 1.29 is 9.59 Å². The topological polar surface area (TPSA) is 73.5 Å². The number of likely N-dealkylation sites (tertiary alicyclic amines) is 1. The Morgan fingerprint density at radius 2 is 1.91 bits per heavy atom. The molecule has 6 heteroatoms. The fraction of sp³-hybridized carbons (Fsp3) is 0.875. The SMILES string of the molecule is CC(C)(CNC(=O)C1CN(C(C)(C)C)C1)NC1CNC(=O)C1. The molecular formula is C16H30N4O2. The van der Waals surface area contributed by atoms with Crippen LogP contribution in [0.1, 0.15) is 41.0 Å². The van der Waals surface area contributed by atoms with E-state index in [9.17, 15) is 9.59 Å². The van der Waals surface area contributed by atoms with E-state index in [1.165, 1.54) is 0 Å². The van der Waals surface area contributed by atoms with E-state index in [-0.39, 0.29) is 34.9 Å². The number of hydrogen-bond donors (Lipinski definition) is 3. The zero-order valence-electron chi connectivity index (χ0n) is 14.5. The smallest absolute Gasteiger partial charge is 0.225 e. The molecule has 2 amide bonds. The van der Waals surface area contributed by atoms with Crippen LogP contribution < -0.4 is 16.0 Å². The Bertz CT molecular complexity index is 436. The van der Waals surface area contributed by atoms with E-state index in [1.807, 2.05) is 0 Å². The summed E-state index contributed by atoms with van der Waals surface area (Å²) in [6, 6.07) is 0.152. The zero-order valence-corrected chi connectivity index (χ0v) is 14.5. The van der Waals surface area contributed by atoms with Gasteiger partial charge in [0.2, 0.25) is 11.8 Å². The minimum absolute atomic E-state index is 0.0917. The number of amides is 2. The van der Waals surface area contributed by atoms with Crippen molar-refractivity contribution in [2.45, 2.75) is 58.2 Å². The minimum Gasteiger partial charge on any atom is -0.354 e. The van der Waals surface area contributed by atoms with Crippen LogP contribution in [0.4, 0.5) is 0 Å². The van der Waals surface area contributed by atoms with Crippen LogP contribution in [0.15, 0.2) is 0 Å². The average Bonchev–Trinajstić information content (AvgIpc) is 2.67. The molecule has 0 aromatic rings. The van der Waals surface area contributed by atoms with E-state index in [0.717, 1.165) is 13.1 Å². The predicted octanol–water partition coefficient (Wildman–Crippen LogP) is 0.0896. The molecule has 2 rings (SSSR count). The number of carbonyl (C=O) groups is 2. The quantitative estimate of drug-likeness (QED) is 0.673. The van der Waals surface area contributed by atoms with Crippen LogP contribution >= 0.6 is 0 Å². The highest BCUT2D eigenvalue weighted by Crippen LogP contribution is 2.25. The molecule has 22 heavy (non-hydrogen) atoms. The van der Waals surface area contributed by atoms with Gasteiger partial charge in [-0.1, -0.05) is 0 Å². The molecule has 0 aromatic carbocycles. The Balaban J connectivity index is 1.71. The van der Waals surface area contributed by atoms with Gasteiger partial charge in [0, 0.05) is 49.7 Å². The lowest BCUT2D eigenvalue weighted by atomic mass is 9.91. The van der Waals surface area contributed by atoms with Crippen LogP contribution in [0.5, 0.6) is 0 Å². The molecule has 3 N–H and O–H groups in total. The maximum Gasteiger partial charge on any atom is 0.225 e. The predicted molar refractivity (Wildman–Crippen MR) is 86.5 cm³/mol. The summed E-state index contributed by atoms with van der Waals surface area (Å²) in [7, 11) is 0. The lowest BCUT2D eigenvalue weighted by molar-refractivity contribution is -0.133. The maximum absolute atomic E-state index is 12.2. The van der Waals surface area contributed by atoms with E-state index in [2.05, 4.69) is 55.5 Å². The standard InChI is InChI=1S/C16H30N4O2/c1-15(2,3)20-8-11(9-20)14(22)18-10-16(4,5)19-12-6-13(21)17-7-12/h11-12,19H,6-10H2,1-5H3,(H,17,21)(H,18,22). The molecule has 1 atom stereocenters. The summed E-state index contributed by atoms with van der Waals surface area (Å²) >= 11 is 0. The molecule has 2 fully saturated rings. The monoisotopic (exact) mass is 310 g/mol. The fourth-order valence-electron chi connectivity index (χ4n) is 2.96. The number of carbonyl (C=O) groups excluding carboxylic acids is 2. The number of rotatable bonds is 5. The Morgan fingerprint density at radius 1 is 1.27 bits per heavy atom. The summed E-state index contributed by atoms with van der Waals surface area (Å²) in [5.41, 5.74) is -0.0836. The van der Waals surface area contributed by atoms with Gasteiger partial charge >= 0.3 is 0 Å². The van der Waals surface area contributed by atoms with Crippen molar-refractivity contribution in [2.24, 2.45) is 5.92 Å². The van der Waals surface area contributed by atoms with Gasteiger partial charge < -0.3 is 16.0 Å². The molecule has 0 spiro atoms. The summed E-state index contributed by atoms with van der Waals surface area (Å²) in [6.45, 7) is 13.5. The van der Waals surface area contributed by atoms with Gasteiger partial charge in [0.15, 0.2) is 0 Å². The van der Waals surface area contributed by atoms with Crippen LogP contribution in [0.2, 0.25) is 0 Å². The third-order valence-corrected chi connectivity index (χ3v) is 4.48. The molecule has 0 saturated carbocycles. The minimum atomic E-state index is -0.222. The van der Waals surface area contributed by atoms with E-state index in [4.69, 9.17) is 0 Å². The van der Waals surface area contributed by atoms with Crippen LogP contribution in [-0.4, -0.2) is 60.0 Å². The van der Waals surface area contributed by atoms with Crippen molar-refractivity contribution in [1.82, 2.24) is 20.9 Å². The number of hydrogen-bond acceptors (Lipinski definition) is 4. The molecule has 0 radical (unpaired) electrons. The molecule has 0 bridgehead atoms. The Kier molecular flexibility index (Phi) is 4.82. The van der Waals surface area contributed by atoms with E-state index < -0.39 is 0 Å². The lowest BCUT2D eigenvalue weighted by Crippen LogP contribution is -2.61. The number of nitrogens with zero attached hydrogens (tertiary/aromatic N) is 1. The molecule has 2 aliphatic heterocycles. The fourth-order valence-corrected chi connectivity index (χ4v) is 2.96. The summed E-state index contributed by atoms with van der Waals surface area (Å²) in [5, 5.41) is 9.31. The van der Waals surface area contributed by atoms with Crippen molar-refractivity contribution in [3.05, 3.63) is 0 Å². The molecular weight excluding hydrogens is 280 g/mol. The van der Waals surface area contributed by atoms with Gasteiger partial charge in [0.05, 0.1) is 5.92 Å². The number of nitrogens with one attached hydrogen (secondary N) is 3. The van der Waals surface area contributed by atoms with Crippen molar-refractivity contribution in [1.29, 1.82) is 0 Å². The highest BCUT2D eigenvalue weighted by atomic mass is 16.2. The molecule has 0 aromatic heterocycles. The Morgan fingerprint density at radius 3 is 2.41 bits per heavy atom. The van der Waals surface area contributed by atoms with E-state index in [1.54, 1.807) is 0 Å². The van der Waals surface area contributed by atoms with Gasteiger partial charge in [-0.15, -0.1) is 0 Å². The highest BCUT2D eigenvalue weighted by Gasteiger charge is 2.38. The van der Waals surface area contributed by atoms with Crippen LogP contribution in [0, 0.1) is 5.92 Å². The first-order valence-electron chi connectivity index (χ1n) is 8.14. The van der Waals surface area contributed by atoms with Crippen LogP contribution in [0.25, 0.3) is 0 Å². The van der Waals surface area contributed by atoms with Crippen molar-refractivity contribution in [2.75, 3.05) is 26.2 Å². The average molecular weight is 310 g/mol. The second-order valence-electron chi connectivity index (χ2n) is 8.22. The summed E-state index contributed by atoms with van der Waals surface area (Å²) in [5.74, 6) is 0.329. The van der Waals surface area contributed by atoms with Crippen LogP contribution in [0.3, 0.4) is 0 Å². The van der Waals surface area contributed by atoms with Gasteiger partial charge in [0.1, 0.15) is 0 Å². The highest BCUT2D eigenvalue weighted by molar-refractivity contribution is 5.80. The molecule has 2 saturated heterocycles. The Hall–Kier alpha value is -1.14. The molecule has 2 aliphatic rings. The van der Waals surface area contributed by atoms with Crippen molar-refractivity contribution in [3.63, 3.8) is 0 Å². The zero-order chi connectivity index (χ0) is 16.5. The first kappa shape index (κ1) is 17.2. The van der Waals surface area contributed by atoms with Gasteiger partial charge in [-0.05, 0) is 34.6 Å². The molecule has 126 valence electrons. The maximum atomic E-state index is 12.2. The van der Waals surface area contributed by atoms with E-state index >= 15 is 0 Å². The third-order valence-electron chi connectivity index (χ3n) is 4.48. The summed E-state index contributed by atoms with van der Waals surface area (Å²) in [6.07, 6.45) is 0.514. The normalized spacial score (nSPS) is 24.0. The van der Waals surface area contributed by atoms with Gasteiger partial charge in [-0.3, -0.25) is 14.5 Å². The van der Waals surface area contributed by atoms with Crippen molar-refractivity contribution >= 4 is 11.8 Å². The molecule has 0 aliphatic carbocycles. The van der Waals surface area contributed by atoms with E-state index in [0.29, 0.717) is 19.5 Å². The first-order chi connectivity index (χ1) is 10.1. The molecule has 1 unspecified atom stereocenters. The van der Waals surface area contributed by atoms with Crippen LogP contribution in [-0.2, 0) is 9.59 Å². The summed E-state index contributed by atoms with van der Waals surface area (Å²) in [4.78, 5) is 25.7. The summed E-state index contributed by atoms with van der Waals surface area (Å²) < 4.78 is 0. The molecule has 6 nitrogen and oxygen atoms in total. The van der Waals surface area contributed by atoms with Gasteiger partial charge in [-0.2, -0.15) is 0 Å². The second-order valence-corrected chi connectivity index (χ2v) is 8.22. The second kappa shape index (κ2) is 6.16. The lowest BCUT2D eigenvalue weighted by Gasteiger charge is -2.47. The Labute approximate surface area is 133 Å². The first-order valence-corrected chi connectivity index (χ1v) is 8.14. The third kappa shape index (κ3) is 4.43. The van der Waals surface area contributed by atoms with Crippen molar-refractivity contribution in [3.8, 4) is 0 Å². The molecule has 2 heterocycles.